The van der Waals surface area contributed by atoms with Crippen LogP contribution in [0.4, 0.5) is 0 Å². The van der Waals surface area contributed by atoms with E-state index >= 15 is 0 Å². The number of hydrogen-bond donors (Lipinski definition) is 2. The van der Waals surface area contributed by atoms with Crippen LogP contribution in [0.1, 0.15) is 34.1 Å². The van der Waals surface area contributed by atoms with E-state index in [0.29, 0.717) is 12.1 Å². The van der Waals surface area contributed by atoms with Gasteiger partial charge in [-0.1, -0.05) is 6.92 Å². The molecule has 0 radical (unpaired) electrons. The minimum absolute atomic E-state index is 0.580. The smallest absolute Gasteiger partial charge is 0.0458 e. The third kappa shape index (κ3) is 6.05. The fourth-order valence-electron chi connectivity index (χ4n) is 0.582. The maximum absolute atomic E-state index is 3.35. The molecule has 0 aromatic carbocycles. The van der Waals surface area contributed by atoms with Crippen molar-refractivity contribution in [3.63, 3.8) is 0 Å². The summed E-state index contributed by atoms with van der Waals surface area (Å²) in [7, 11) is 0. The van der Waals surface area contributed by atoms with Crippen LogP contribution in [0.15, 0.2) is 0 Å². The van der Waals surface area contributed by atoms with Crippen molar-refractivity contribution in [1.82, 2.24) is 10.6 Å². The topological polar surface area (TPSA) is 24.1 Å². The summed E-state index contributed by atoms with van der Waals surface area (Å²) in [5.74, 6) is 0. The molecule has 0 aliphatic heterocycles. The molecule has 62 valence electrons. The predicted octanol–water partition coefficient (Wildman–Crippen LogP) is 1.33. The molecule has 1 unspecified atom stereocenters. The van der Waals surface area contributed by atoms with Gasteiger partial charge in [-0.15, -0.1) is 0 Å². The Morgan fingerprint density at radius 2 is 1.70 bits per heavy atom. The van der Waals surface area contributed by atoms with E-state index in [1.807, 2.05) is 0 Å². The van der Waals surface area contributed by atoms with Gasteiger partial charge in [0.15, 0.2) is 0 Å². The lowest BCUT2D eigenvalue weighted by molar-refractivity contribution is 0.466. The summed E-state index contributed by atoms with van der Waals surface area (Å²) in [5, 5.41) is 6.65. The first kappa shape index (κ1) is 9.92. The van der Waals surface area contributed by atoms with E-state index in [9.17, 15) is 0 Å². The molecule has 0 saturated carbocycles. The molecule has 0 aliphatic carbocycles. The molecule has 0 aromatic rings. The zero-order chi connectivity index (χ0) is 7.98. The van der Waals surface area contributed by atoms with Gasteiger partial charge in [0.1, 0.15) is 0 Å². The Morgan fingerprint density at radius 1 is 1.10 bits per heavy atom. The van der Waals surface area contributed by atoms with E-state index in [1.165, 1.54) is 6.42 Å². The SMILES string of the molecule is CCC(C)NCNC(C)C. The molecule has 0 rings (SSSR count). The van der Waals surface area contributed by atoms with Crippen LogP contribution in [0.5, 0.6) is 0 Å². The van der Waals surface area contributed by atoms with E-state index in [4.69, 9.17) is 0 Å². The lowest BCUT2D eigenvalue weighted by Gasteiger charge is -2.13. The van der Waals surface area contributed by atoms with Crippen LogP contribution >= 0.6 is 0 Å². The Hall–Kier alpha value is -0.0800. The van der Waals surface area contributed by atoms with E-state index in [0.717, 1.165) is 6.67 Å². The minimum Gasteiger partial charge on any atom is -0.302 e. The second-order valence-corrected chi connectivity index (χ2v) is 3.05. The zero-order valence-corrected chi connectivity index (χ0v) is 7.57. The van der Waals surface area contributed by atoms with Crippen molar-refractivity contribution in [3.8, 4) is 0 Å². The van der Waals surface area contributed by atoms with Gasteiger partial charge in [0.25, 0.3) is 0 Å². The van der Waals surface area contributed by atoms with Gasteiger partial charge in [-0.2, -0.15) is 0 Å². The Labute approximate surface area is 64.4 Å². The molecule has 0 heterocycles. The van der Waals surface area contributed by atoms with Crippen LogP contribution in [0.25, 0.3) is 0 Å². The van der Waals surface area contributed by atoms with Crippen LogP contribution in [-0.2, 0) is 0 Å². The normalized spacial score (nSPS) is 14.1. The Kier molecular flexibility index (Phi) is 5.64. The van der Waals surface area contributed by atoms with E-state index < -0.39 is 0 Å². The van der Waals surface area contributed by atoms with E-state index in [1.54, 1.807) is 0 Å². The molecule has 0 aliphatic rings. The Morgan fingerprint density at radius 3 is 2.10 bits per heavy atom. The largest absolute Gasteiger partial charge is 0.302 e. The molecule has 10 heavy (non-hydrogen) atoms. The zero-order valence-electron chi connectivity index (χ0n) is 7.57. The molecule has 2 N–H and O–H groups in total. The fraction of sp³-hybridized carbons (Fsp3) is 1.00. The molecule has 0 amide bonds. The quantitative estimate of drug-likeness (QED) is 0.569. The lowest BCUT2D eigenvalue weighted by atomic mass is 10.3. The van der Waals surface area contributed by atoms with Gasteiger partial charge in [-0.05, 0) is 27.2 Å². The number of hydrogen-bond acceptors (Lipinski definition) is 2. The van der Waals surface area contributed by atoms with Crippen LogP contribution in [0.3, 0.4) is 0 Å². The highest BCUT2D eigenvalue weighted by Crippen LogP contribution is 1.85. The van der Waals surface area contributed by atoms with Gasteiger partial charge >= 0.3 is 0 Å². The molecule has 0 saturated heterocycles. The second kappa shape index (κ2) is 5.69. The summed E-state index contributed by atoms with van der Waals surface area (Å²) in [6, 6.07) is 1.21. The van der Waals surface area contributed by atoms with Crippen molar-refractivity contribution < 1.29 is 0 Å². The first-order valence-corrected chi connectivity index (χ1v) is 4.13. The molecular formula is C8H20N2. The van der Waals surface area contributed by atoms with Gasteiger partial charge in [0.05, 0.1) is 0 Å². The van der Waals surface area contributed by atoms with Crippen molar-refractivity contribution >= 4 is 0 Å². The third-order valence-corrected chi connectivity index (χ3v) is 1.57. The van der Waals surface area contributed by atoms with Gasteiger partial charge < -0.3 is 10.6 Å². The fourth-order valence-corrected chi connectivity index (χ4v) is 0.582. The van der Waals surface area contributed by atoms with Gasteiger partial charge in [0, 0.05) is 18.8 Å². The molecule has 0 fully saturated rings. The van der Waals surface area contributed by atoms with Gasteiger partial charge in [-0.3, -0.25) is 0 Å². The maximum Gasteiger partial charge on any atom is 0.0458 e. The first-order chi connectivity index (χ1) is 4.66. The molecule has 1 atom stereocenters. The summed E-state index contributed by atoms with van der Waals surface area (Å²) in [4.78, 5) is 0. The first-order valence-electron chi connectivity index (χ1n) is 4.13. The third-order valence-electron chi connectivity index (χ3n) is 1.57. The summed E-state index contributed by atoms with van der Waals surface area (Å²) >= 11 is 0. The molecule has 0 spiro atoms. The molecule has 2 nitrogen and oxygen atoms in total. The highest BCUT2D eigenvalue weighted by molar-refractivity contribution is 4.57. The van der Waals surface area contributed by atoms with Crippen molar-refractivity contribution in [3.05, 3.63) is 0 Å². The van der Waals surface area contributed by atoms with Crippen LogP contribution in [0.2, 0.25) is 0 Å². The lowest BCUT2D eigenvalue weighted by Crippen LogP contribution is -2.38. The average molecular weight is 144 g/mol. The predicted molar refractivity (Wildman–Crippen MR) is 46.0 cm³/mol. The second-order valence-electron chi connectivity index (χ2n) is 3.05. The number of rotatable bonds is 5. The van der Waals surface area contributed by atoms with Gasteiger partial charge in [0.2, 0.25) is 0 Å². The minimum atomic E-state index is 0.580. The summed E-state index contributed by atoms with van der Waals surface area (Å²) < 4.78 is 0. The Balaban J connectivity index is 3.03. The summed E-state index contributed by atoms with van der Waals surface area (Å²) in [5.41, 5.74) is 0. The van der Waals surface area contributed by atoms with Crippen molar-refractivity contribution in [1.29, 1.82) is 0 Å². The highest BCUT2D eigenvalue weighted by Gasteiger charge is 1.95. The molecule has 0 aromatic heterocycles. The number of nitrogens with one attached hydrogen (secondary N) is 2. The van der Waals surface area contributed by atoms with Crippen LogP contribution in [0, 0.1) is 0 Å². The monoisotopic (exact) mass is 144 g/mol. The maximum atomic E-state index is 3.35. The van der Waals surface area contributed by atoms with Crippen molar-refractivity contribution in [2.24, 2.45) is 0 Å². The van der Waals surface area contributed by atoms with Crippen molar-refractivity contribution in [2.75, 3.05) is 6.67 Å². The molecule has 2 heteroatoms. The standard InChI is InChI=1S/C8H20N2/c1-5-8(4)10-6-9-7(2)3/h7-10H,5-6H2,1-4H3. The van der Waals surface area contributed by atoms with E-state index in [-0.39, 0.29) is 0 Å². The highest BCUT2D eigenvalue weighted by atomic mass is 15.1. The van der Waals surface area contributed by atoms with Gasteiger partial charge in [-0.25, -0.2) is 0 Å². The van der Waals surface area contributed by atoms with E-state index in [2.05, 4.69) is 38.3 Å². The summed E-state index contributed by atoms with van der Waals surface area (Å²) in [6.07, 6.45) is 1.19. The van der Waals surface area contributed by atoms with Crippen LogP contribution < -0.4 is 10.6 Å². The average Bonchev–Trinajstić information content (AvgIpc) is 1.87. The molecule has 0 bridgehead atoms. The Bertz CT molecular complexity index is 71.7. The molecular weight excluding hydrogens is 124 g/mol. The van der Waals surface area contributed by atoms with Crippen LogP contribution in [-0.4, -0.2) is 18.8 Å². The van der Waals surface area contributed by atoms with Crippen molar-refractivity contribution in [2.45, 2.75) is 46.2 Å². The summed E-state index contributed by atoms with van der Waals surface area (Å²) in [6.45, 7) is 9.61.